The molecule has 0 saturated heterocycles. The van der Waals surface area contributed by atoms with Crippen molar-refractivity contribution in [2.75, 3.05) is 5.32 Å². The van der Waals surface area contributed by atoms with Gasteiger partial charge in [0.25, 0.3) is 0 Å². The molecule has 1 N–H and O–H groups in total. The van der Waals surface area contributed by atoms with Crippen LogP contribution >= 0.6 is 11.3 Å². The lowest BCUT2D eigenvalue weighted by atomic mass is 9.90. The molecule has 0 bridgehead atoms. The minimum absolute atomic E-state index is 0.958. The quantitative estimate of drug-likeness (QED) is 0.850. The lowest BCUT2D eigenvalue weighted by Crippen LogP contribution is -2.08. The van der Waals surface area contributed by atoms with Gasteiger partial charge in [-0.3, -0.25) is 0 Å². The minimum Gasteiger partial charge on any atom is -0.380 e. The summed E-state index contributed by atoms with van der Waals surface area (Å²) in [6.45, 7) is 3.15. The molecule has 0 amide bonds. The number of benzene rings is 1. The maximum atomic E-state index is 3.63. The average molecular weight is 257 g/mol. The molecule has 2 aromatic rings. The number of anilines is 1. The van der Waals surface area contributed by atoms with Crippen LogP contribution in [0.3, 0.4) is 0 Å². The Morgan fingerprint density at radius 3 is 2.89 bits per heavy atom. The first kappa shape index (κ1) is 11.8. The second kappa shape index (κ2) is 5.15. The van der Waals surface area contributed by atoms with E-state index in [1.807, 2.05) is 11.3 Å². The van der Waals surface area contributed by atoms with Crippen LogP contribution in [0.15, 0.2) is 29.6 Å². The maximum absolute atomic E-state index is 3.63. The number of thiophene rings is 1. The van der Waals surface area contributed by atoms with Crippen molar-refractivity contribution in [3.8, 4) is 0 Å². The van der Waals surface area contributed by atoms with Crippen LogP contribution in [0.2, 0.25) is 0 Å². The van der Waals surface area contributed by atoms with Crippen LogP contribution in [0.4, 0.5) is 5.69 Å². The van der Waals surface area contributed by atoms with Gasteiger partial charge < -0.3 is 5.32 Å². The van der Waals surface area contributed by atoms with Crippen molar-refractivity contribution in [1.29, 1.82) is 0 Å². The smallest absolute Gasteiger partial charge is 0.0496 e. The molecule has 1 aliphatic rings. The first-order valence-electron chi connectivity index (χ1n) is 6.72. The molecule has 0 atom stereocenters. The van der Waals surface area contributed by atoms with Gasteiger partial charge in [-0.1, -0.05) is 12.1 Å². The topological polar surface area (TPSA) is 12.0 Å². The van der Waals surface area contributed by atoms with Gasteiger partial charge in [0.05, 0.1) is 0 Å². The predicted molar refractivity (Wildman–Crippen MR) is 79.5 cm³/mol. The van der Waals surface area contributed by atoms with Crippen LogP contribution in [0.25, 0.3) is 0 Å². The molecule has 0 spiro atoms. The highest BCUT2D eigenvalue weighted by Gasteiger charge is 2.12. The van der Waals surface area contributed by atoms with Gasteiger partial charge in [-0.2, -0.15) is 0 Å². The van der Waals surface area contributed by atoms with Crippen molar-refractivity contribution < 1.29 is 0 Å². The molecule has 1 aliphatic carbocycles. The Labute approximate surface area is 113 Å². The molecule has 2 heteroatoms. The molecule has 18 heavy (non-hydrogen) atoms. The van der Waals surface area contributed by atoms with E-state index in [4.69, 9.17) is 0 Å². The first-order chi connectivity index (χ1) is 8.84. The van der Waals surface area contributed by atoms with Crippen molar-refractivity contribution >= 4 is 17.0 Å². The molecule has 0 radical (unpaired) electrons. The van der Waals surface area contributed by atoms with Crippen molar-refractivity contribution in [3.05, 3.63) is 51.2 Å². The zero-order valence-corrected chi connectivity index (χ0v) is 11.6. The lowest BCUT2D eigenvalue weighted by Gasteiger charge is -2.20. The molecule has 94 valence electrons. The maximum Gasteiger partial charge on any atom is 0.0496 e. The third-order valence-electron chi connectivity index (χ3n) is 3.80. The molecule has 1 heterocycles. The molecule has 1 nitrogen and oxygen atoms in total. The summed E-state index contributed by atoms with van der Waals surface area (Å²) in [6, 6.07) is 8.90. The third-order valence-corrected chi connectivity index (χ3v) is 4.83. The summed E-state index contributed by atoms with van der Waals surface area (Å²) >= 11 is 1.84. The highest BCUT2D eigenvalue weighted by Crippen LogP contribution is 2.28. The number of hydrogen-bond acceptors (Lipinski definition) is 2. The fraction of sp³-hybridized carbons (Fsp3) is 0.375. The monoisotopic (exact) mass is 257 g/mol. The summed E-state index contributed by atoms with van der Waals surface area (Å²) in [4.78, 5) is 1.45. The third kappa shape index (κ3) is 2.30. The first-order valence-corrected chi connectivity index (χ1v) is 7.60. The molecule has 3 rings (SSSR count). The Morgan fingerprint density at radius 1 is 1.17 bits per heavy atom. The Bertz CT molecular complexity index is 542. The summed E-state index contributed by atoms with van der Waals surface area (Å²) in [5, 5.41) is 5.80. The molecule has 0 aliphatic heterocycles. The lowest BCUT2D eigenvalue weighted by molar-refractivity contribution is 0.686. The van der Waals surface area contributed by atoms with E-state index >= 15 is 0 Å². The summed E-state index contributed by atoms with van der Waals surface area (Å²) in [5.74, 6) is 0. The molecule has 1 aromatic carbocycles. The van der Waals surface area contributed by atoms with E-state index in [0.717, 1.165) is 6.54 Å². The summed E-state index contributed by atoms with van der Waals surface area (Å²) in [7, 11) is 0. The number of hydrogen-bond donors (Lipinski definition) is 1. The van der Waals surface area contributed by atoms with Crippen LogP contribution in [-0.4, -0.2) is 0 Å². The van der Waals surface area contributed by atoms with E-state index in [9.17, 15) is 0 Å². The zero-order valence-electron chi connectivity index (χ0n) is 10.8. The molecule has 0 unspecified atom stereocenters. The van der Waals surface area contributed by atoms with Gasteiger partial charge in [-0.05, 0) is 66.8 Å². The molecule has 1 aromatic heterocycles. The summed E-state index contributed by atoms with van der Waals surface area (Å²) < 4.78 is 0. The zero-order chi connectivity index (χ0) is 12.4. The normalized spacial score (nSPS) is 14.3. The van der Waals surface area contributed by atoms with Crippen molar-refractivity contribution in [1.82, 2.24) is 0 Å². The Kier molecular flexibility index (Phi) is 3.37. The second-order valence-corrected chi connectivity index (χ2v) is 6.03. The summed E-state index contributed by atoms with van der Waals surface area (Å²) in [5.41, 5.74) is 5.85. The SMILES string of the molecule is Cc1ccsc1CNc1cccc2c1CCCC2. The number of aryl methyl sites for hydroxylation is 2. The van der Waals surface area contributed by atoms with Gasteiger partial charge >= 0.3 is 0 Å². The fourth-order valence-corrected chi connectivity index (χ4v) is 3.55. The second-order valence-electron chi connectivity index (χ2n) is 5.03. The summed E-state index contributed by atoms with van der Waals surface area (Å²) in [6.07, 6.45) is 5.18. The van der Waals surface area contributed by atoms with Crippen LogP contribution in [0.5, 0.6) is 0 Å². The van der Waals surface area contributed by atoms with E-state index in [0.29, 0.717) is 0 Å². The van der Waals surface area contributed by atoms with E-state index in [1.54, 1.807) is 11.1 Å². The van der Waals surface area contributed by atoms with Gasteiger partial charge in [0.2, 0.25) is 0 Å². The number of nitrogens with one attached hydrogen (secondary N) is 1. The number of fused-ring (bicyclic) bond motifs is 1. The van der Waals surface area contributed by atoms with Gasteiger partial charge in [-0.15, -0.1) is 11.3 Å². The van der Waals surface area contributed by atoms with E-state index in [1.165, 1.54) is 41.8 Å². The Hall–Kier alpha value is -1.28. The molecule has 0 saturated carbocycles. The largest absolute Gasteiger partial charge is 0.380 e. The standard InChI is InChI=1S/C16H19NS/c1-12-9-10-18-16(12)11-17-15-8-4-6-13-5-2-3-7-14(13)15/h4,6,8-10,17H,2-3,5,7,11H2,1H3. The minimum atomic E-state index is 0.958. The van der Waals surface area contributed by atoms with Gasteiger partial charge in [0.15, 0.2) is 0 Å². The van der Waals surface area contributed by atoms with Crippen LogP contribution < -0.4 is 5.32 Å². The van der Waals surface area contributed by atoms with E-state index < -0.39 is 0 Å². The molecular formula is C16H19NS. The Balaban J connectivity index is 1.79. The molecular weight excluding hydrogens is 238 g/mol. The van der Waals surface area contributed by atoms with Crippen molar-refractivity contribution in [2.45, 2.75) is 39.2 Å². The highest BCUT2D eigenvalue weighted by atomic mass is 32.1. The van der Waals surface area contributed by atoms with Crippen LogP contribution in [0.1, 0.15) is 34.4 Å². The predicted octanol–water partition coefficient (Wildman–Crippen LogP) is 4.55. The fourth-order valence-electron chi connectivity index (χ4n) is 2.71. The average Bonchev–Trinajstić information content (AvgIpc) is 2.82. The van der Waals surface area contributed by atoms with Gasteiger partial charge in [0.1, 0.15) is 0 Å². The van der Waals surface area contributed by atoms with Gasteiger partial charge in [0, 0.05) is 17.1 Å². The number of rotatable bonds is 3. The van der Waals surface area contributed by atoms with Crippen molar-refractivity contribution in [2.24, 2.45) is 0 Å². The van der Waals surface area contributed by atoms with Crippen molar-refractivity contribution in [3.63, 3.8) is 0 Å². The highest BCUT2D eigenvalue weighted by molar-refractivity contribution is 7.10. The molecule has 0 fully saturated rings. The van der Waals surface area contributed by atoms with E-state index in [-0.39, 0.29) is 0 Å². The van der Waals surface area contributed by atoms with Crippen LogP contribution in [0, 0.1) is 6.92 Å². The van der Waals surface area contributed by atoms with Gasteiger partial charge in [-0.25, -0.2) is 0 Å². The Morgan fingerprint density at radius 2 is 2.06 bits per heavy atom. The van der Waals surface area contributed by atoms with E-state index in [2.05, 4.69) is 41.9 Å². The van der Waals surface area contributed by atoms with Crippen LogP contribution in [-0.2, 0) is 19.4 Å².